The number of carbonyl (C=O) groups excluding carboxylic acids is 1. The van der Waals surface area contributed by atoms with Crippen LogP contribution in [0.25, 0.3) is 0 Å². The monoisotopic (exact) mass is 245 g/mol. The number of hydrogen-bond acceptors (Lipinski definition) is 5. The summed E-state index contributed by atoms with van der Waals surface area (Å²) < 4.78 is 10.1. The minimum Gasteiger partial charge on any atom is -0.466 e. The molecule has 0 aromatic carbocycles. The lowest BCUT2D eigenvalue weighted by molar-refractivity contribution is -0.145. The van der Waals surface area contributed by atoms with Gasteiger partial charge in [0.05, 0.1) is 19.1 Å². The van der Waals surface area contributed by atoms with Gasteiger partial charge in [-0.3, -0.25) is 4.79 Å². The van der Waals surface area contributed by atoms with E-state index in [4.69, 9.17) is 9.47 Å². The fourth-order valence-corrected chi connectivity index (χ4v) is 1.85. The molecule has 0 spiro atoms. The van der Waals surface area contributed by atoms with Gasteiger partial charge in [-0.1, -0.05) is 0 Å². The van der Waals surface area contributed by atoms with Crippen LogP contribution >= 0.6 is 0 Å². The molecule has 0 bridgehead atoms. The molecule has 5 heteroatoms. The molecule has 0 amide bonds. The fourth-order valence-electron chi connectivity index (χ4n) is 1.85. The number of hydrogen-bond donors (Lipinski definition) is 2. The second-order valence-electron chi connectivity index (χ2n) is 4.72. The molecule has 1 unspecified atom stereocenters. The average Bonchev–Trinajstić information content (AvgIpc) is 2.28. The summed E-state index contributed by atoms with van der Waals surface area (Å²) in [6.07, 6.45) is 1.22. The van der Waals surface area contributed by atoms with Crippen molar-refractivity contribution in [3.8, 4) is 0 Å². The van der Waals surface area contributed by atoms with Crippen molar-refractivity contribution in [2.45, 2.75) is 44.8 Å². The van der Waals surface area contributed by atoms with Crippen LogP contribution in [-0.2, 0) is 14.3 Å². The first-order valence-electron chi connectivity index (χ1n) is 6.22. The van der Waals surface area contributed by atoms with E-state index in [0.717, 1.165) is 26.1 Å². The SMILES string of the molecule is CCOC(=O)CC(O)CNC1(C)CCOCC1. The molecule has 1 aliphatic rings. The zero-order chi connectivity index (χ0) is 12.7. The summed E-state index contributed by atoms with van der Waals surface area (Å²) in [5.74, 6) is -0.348. The van der Waals surface area contributed by atoms with Gasteiger partial charge in [-0.25, -0.2) is 0 Å². The Bertz CT molecular complexity index is 239. The first kappa shape index (κ1) is 14.4. The topological polar surface area (TPSA) is 67.8 Å². The van der Waals surface area contributed by atoms with Crippen molar-refractivity contribution in [3.63, 3.8) is 0 Å². The Kier molecular flexibility index (Phi) is 5.88. The second-order valence-corrected chi connectivity index (χ2v) is 4.72. The van der Waals surface area contributed by atoms with Gasteiger partial charge < -0.3 is 19.9 Å². The Labute approximate surface area is 102 Å². The summed E-state index contributed by atoms with van der Waals surface area (Å²) in [5, 5.41) is 13.0. The van der Waals surface area contributed by atoms with E-state index in [-0.39, 0.29) is 17.9 Å². The molecule has 1 atom stereocenters. The molecule has 1 heterocycles. The van der Waals surface area contributed by atoms with Gasteiger partial charge in [0.1, 0.15) is 0 Å². The zero-order valence-corrected chi connectivity index (χ0v) is 10.7. The molecule has 1 rings (SSSR count). The number of aliphatic hydroxyl groups is 1. The highest BCUT2D eigenvalue weighted by Crippen LogP contribution is 2.19. The average molecular weight is 245 g/mol. The Morgan fingerprint density at radius 3 is 2.76 bits per heavy atom. The van der Waals surface area contributed by atoms with Crippen LogP contribution in [0.5, 0.6) is 0 Å². The minimum absolute atomic E-state index is 0.00783. The second kappa shape index (κ2) is 6.93. The van der Waals surface area contributed by atoms with Crippen LogP contribution in [-0.4, -0.2) is 49.1 Å². The molecule has 0 saturated carbocycles. The van der Waals surface area contributed by atoms with E-state index < -0.39 is 6.10 Å². The van der Waals surface area contributed by atoms with E-state index in [1.54, 1.807) is 6.92 Å². The Morgan fingerprint density at radius 1 is 1.53 bits per heavy atom. The maximum Gasteiger partial charge on any atom is 0.308 e. The van der Waals surface area contributed by atoms with E-state index in [2.05, 4.69) is 12.2 Å². The number of rotatable bonds is 6. The Balaban J connectivity index is 2.22. The van der Waals surface area contributed by atoms with Crippen LogP contribution in [0.1, 0.15) is 33.1 Å². The molecular weight excluding hydrogens is 222 g/mol. The van der Waals surface area contributed by atoms with Crippen LogP contribution in [0.3, 0.4) is 0 Å². The van der Waals surface area contributed by atoms with E-state index in [1.807, 2.05) is 0 Å². The van der Waals surface area contributed by atoms with Crippen molar-refractivity contribution in [1.29, 1.82) is 0 Å². The molecule has 1 saturated heterocycles. The number of nitrogens with one attached hydrogen (secondary N) is 1. The van der Waals surface area contributed by atoms with Crippen molar-refractivity contribution in [2.24, 2.45) is 0 Å². The summed E-state index contributed by atoms with van der Waals surface area (Å²) in [7, 11) is 0. The molecule has 0 radical (unpaired) electrons. The number of ether oxygens (including phenoxy) is 2. The largest absolute Gasteiger partial charge is 0.466 e. The predicted octanol–water partition coefficient (Wildman–Crippen LogP) is 0.459. The van der Waals surface area contributed by atoms with E-state index >= 15 is 0 Å². The minimum atomic E-state index is -0.686. The van der Waals surface area contributed by atoms with Crippen molar-refractivity contribution in [1.82, 2.24) is 5.32 Å². The highest BCUT2D eigenvalue weighted by atomic mass is 16.5. The van der Waals surface area contributed by atoms with E-state index in [0.29, 0.717) is 13.2 Å². The summed E-state index contributed by atoms with van der Waals surface area (Å²) in [4.78, 5) is 11.2. The van der Waals surface area contributed by atoms with Gasteiger partial charge in [-0.05, 0) is 26.7 Å². The lowest BCUT2D eigenvalue weighted by Crippen LogP contribution is -2.49. The summed E-state index contributed by atoms with van der Waals surface area (Å²) >= 11 is 0. The van der Waals surface area contributed by atoms with E-state index in [9.17, 15) is 9.90 Å². The number of carbonyl (C=O) groups is 1. The molecule has 17 heavy (non-hydrogen) atoms. The van der Waals surface area contributed by atoms with Crippen molar-refractivity contribution in [3.05, 3.63) is 0 Å². The van der Waals surface area contributed by atoms with Crippen LogP contribution in [0, 0.1) is 0 Å². The molecule has 100 valence electrons. The zero-order valence-electron chi connectivity index (χ0n) is 10.7. The van der Waals surface area contributed by atoms with Crippen LogP contribution in [0.15, 0.2) is 0 Å². The Morgan fingerprint density at radius 2 is 2.18 bits per heavy atom. The lowest BCUT2D eigenvalue weighted by atomic mass is 9.92. The summed E-state index contributed by atoms with van der Waals surface area (Å²) in [5.41, 5.74) is 0.00783. The third-order valence-corrected chi connectivity index (χ3v) is 3.07. The standard InChI is InChI=1S/C12H23NO4/c1-3-17-11(15)8-10(14)9-13-12(2)4-6-16-7-5-12/h10,13-14H,3-9H2,1-2H3. The quantitative estimate of drug-likeness (QED) is 0.665. The first-order valence-corrected chi connectivity index (χ1v) is 6.22. The third-order valence-electron chi connectivity index (χ3n) is 3.07. The molecule has 0 aliphatic carbocycles. The fraction of sp³-hybridized carbons (Fsp3) is 0.917. The van der Waals surface area contributed by atoms with Gasteiger partial charge in [-0.15, -0.1) is 0 Å². The molecule has 2 N–H and O–H groups in total. The Hall–Kier alpha value is -0.650. The molecular formula is C12H23NO4. The van der Waals surface area contributed by atoms with Crippen molar-refractivity contribution in [2.75, 3.05) is 26.4 Å². The highest BCUT2D eigenvalue weighted by molar-refractivity contribution is 5.69. The smallest absolute Gasteiger partial charge is 0.308 e. The lowest BCUT2D eigenvalue weighted by Gasteiger charge is -2.35. The number of aliphatic hydroxyl groups excluding tert-OH is 1. The molecule has 1 aliphatic heterocycles. The first-order chi connectivity index (χ1) is 8.06. The number of esters is 1. The van der Waals surface area contributed by atoms with Crippen molar-refractivity contribution >= 4 is 5.97 Å². The normalized spacial score (nSPS) is 20.9. The van der Waals surface area contributed by atoms with Gasteiger partial charge in [0, 0.05) is 25.3 Å². The maximum atomic E-state index is 11.2. The third kappa shape index (κ3) is 5.48. The van der Waals surface area contributed by atoms with Gasteiger partial charge >= 0.3 is 5.97 Å². The summed E-state index contributed by atoms with van der Waals surface area (Å²) in [6.45, 7) is 6.14. The summed E-state index contributed by atoms with van der Waals surface area (Å²) in [6, 6.07) is 0. The van der Waals surface area contributed by atoms with Crippen LogP contribution < -0.4 is 5.32 Å². The maximum absolute atomic E-state index is 11.2. The molecule has 1 fully saturated rings. The molecule has 5 nitrogen and oxygen atoms in total. The molecule has 0 aromatic rings. The van der Waals surface area contributed by atoms with Gasteiger partial charge in [0.25, 0.3) is 0 Å². The van der Waals surface area contributed by atoms with Crippen LogP contribution in [0.4, 0.5) is 0 Å². The predicted molar refractivity (Wildman–Crippen MR) is 63.7 cm³/mol. The van der Waals surface area contributed by atoms with Gasteiger partial charge in [0.15, 0.2) is 0 Å². The van der Waals surface area contributed by atoms with Crippen molar-refractivity contribution < 1.29 is 19.4 Å². The van der Waals surface area contributed by atoms with Crippen LogP contribution in [0.2, 0.25) is 0 Å². The highest BCUT2D eigenvalue weighted by Gasteiger charge is 2.27. The number of β-amino-alcohol motifs (C(OH)–C–C–N with tert-alkyl or cyclic N) is 1. The van der Waals surface area contributed by atoms with Gasteiger partial charge in [0.2, 0.25) is 0 Å². The molecule has 0 aromatic heterocycles. The van der Waals surface area contributed by atoms with Gasteiger partial charge in [-0.2, -0.15) is 0 Å². The van der Waals surface area contributed by atoms with E-state index in [1.165, 1.54) is 0 Å².